The molecule has 3 N–H and O–H groups in total. The number of H-pyrrole nitrogens is 1. The zero-order valence-electron chi connectivity index (χ0n) is 10.5. The molecular formula is C14H16N4O. The van der Waals surface area contributed by atoms with Crippen LogP contribution >= 0.6 is 0 Å². The van der Waals surface area contributed by atoms with Gasteiger partial charge in [0.1, 0.15) is 5.82 Å². The van der Waals surface area contributed by atoms with Crippen molar-refractivity contribution < 1.29 is 4.79 Å². The minimum absolute atomic E-state index is 0.0194. The standard InChI is InChI=1S/C14H16N4O/c19-14(18-9-13-15-5-6-16-13)12-7-10-3-1-2-4-11(10)8-17-12/h1-6,12,17H,7-9H2,(H,15,16)(H,18,19)/t12-/m0/s1. The molecule has 0 fully saturated rings. The average Bonchev–Trinajstić information content (AvgIpc) is 2.97. The van der Waals surface area contributed by atoms with Crippen LogP contribution in [0.1, 0.15) is 17.0 Å². The minimum atomic E-state index is -0.162. The topological polar surface area (TPSA) is 69.8 Å². The first-order valence-corrected chi connectivity index (χ1v) is 6.39. The fourth-order valence-corrected chi connectivity index (χ4v) is 2.33. The van der Waals surface area contributed by atoms with Crippen molar-refractivity contribution in [2.24, 2.45) is 0 Å². The van der Waals surface area contributed by atoms with Gasteiger partial charge < -0.3 is 15.6 Å². The smallest absolute Gasteiger partial charge is 0.237 e. The van der Waals surface area contributed by atoms with Crippen LogP contribution in [0, 0.1) is 0 Å². The van der Waals surface area contributed by atoms with Crippen LogP contribution < -0.4 is 10.6 Å². The summed E-state index contributed by atoms with van der Waals surface area (Å²) < 4.78 is 0. The number of hydrogen-bond donors (Lipinski definition) is 3. The van der Waals surface area contributed by atoms with Crippen molar-refractivity contribution in [3.05, 3.63) is 53.6 Å². The van der Waals surface area contributed by atoms with E-state index in [1.54, 1.807) is 12.4 Å². The molecular weight excluding hydrogens is 240 g/mol. The summed E-state index contributed by atoms with van der Waals surface area (Å²) in [6, 6.07) is 8.06. The lowest BCUT2D eigenvalue weighted by Gasteiger charge is -2.25. The van der Waals surface area contributed by atoms with E-state index in [0.29, 0.717) is 6.54 Å². The number of carbonyl (C=O) groups is 1. The van der Waals surface area contributed by atoms with E-state index in [0.717, 1.165) is 18.8 Å². The molecule has 98 valence electrons. The molecule has 2 heterocycles. The summed E-state index contributed by atoms with van der Waals surface area (Å²) in [5.74, 6) is 0.787. The molecule has 1 aromatic heterocycles. The number of fused-ring (bicyclic) bond motifs is 1. The van der Waals surface area contributed by atoms with Gasteiger partial charge in [0.15, 0.2) is 0 Å². The third kappa shape index (κ3) is 2.66. The number of carbonyl (C=O) groups excluding carboxylic acids is 1. The summed E-state index contributed by atoms with van der Waals surface area (Å²) in [6.45, 7) is 1.18. The third-order valence-corrected chi connectivity index (χ3v) is 3.38. The lowest BCUT2D eigenvalue weighted by atomic mass is 9.95. The second-order valence-corrected chi connectivity index (χ2v) is 4.66. The van der Waals surface area contributed by atoms with E-state index in [-0.39, 0.29) is 11.9 Å². The number of imidazole rings is 1. The summed E-state index contributed by atoms with van der Waals surface area (Å²) in [4.78, 5) is 19.1. The molecule has 19 heavy (non-hydrogen) atoms. The third-order valence-electron chi connectivity index (χ3n) is 3.38. The first-order valence-electron chi connectivity index (χ1n) is 6.39. The molecule has 0 saturated carbocycles. The van der Waals surface area contributed by atoms with Crippen LogP contribution in [-0.4, -0.2) is 21.9 Å². The Hall–Kier alpha value is -2.14. The molecule has 5 heteroatoms. The quantitative estimate of drug-likeness (QED) is 0.758. The molecule has 0 radical (unpaired) electrons. The number of nitrogens with one attached hydrogen (secondary N) is 3. The Morgan fingerprint density at radius 3 is 3.00 bits per heavy atom. The molecule has 1 aliphatic rings. The second-order valence-electron chi connectivity index (χ2n) is 4.66. The molecule has 0 aliphatic carbocycles. The fourth-order valence-electron chi connectivity index (χ4n) is 2.33. The highest BCUT2D eigenvalue weighted by molar-refractivity contribution is 5.82. The summed E-state index contributed by atoms with van der Waals surface area (Å²) >= 11 is 0. The van der Waals surface area contributed by atoms with Gasteiger partial charge in [0.2, 0.25) is 5.91 Å². The molecule has 1 aliphatic heterocycles. The molecule has 0 spiro atoms. The first kappa shape index (κ1) is 11.9. The predicted octanol–water partition coefficient (Wildman–Crippen LogP) is 0.740. The van der Waals surface area contributed by atoms with Crippen LogP contribution in [0.2, 0.25) is 0 Å². The summed E-state index contributed by atoms with van der Waals surface area (Å²) in [6.07, 6.45) is 4.16. The number of aromatic amines is 1. The lowest BCUT2D eigenvalue weighted by Crippen LogP contribution is -2.47. The largest absolute Gasteiger partial charge is 0.348 e. The maximum atomic E-state index is 12.1. The highest BCUT2D eigenvalue weighted by Gasteiger charge is 2.23. The number of nitrogens with zero attached hydrogens (tertiary/aromatic N) is 1. The molecule has 1 atom stereocenters. The van der Waals surface area contributed by atoms with Gasteiger partial charge in [0, 0.05) is 18.9 Å². The van der Waals surface area contributed by atoms with E-state index < -0.39 is 0 Å². The molecule has 5 nitrogen and oxygen atoms in total. The molecule has 0 unspecified atom stereocenters. The predicted molar refractivity (Wildman–Crippen MR) is 71.2 cm³/mol. The fraction of sp³-hybridized carbons (Fsp3) is 0.286. The Morgan fingerprint density at radius 2 is 2.21 bits per heavy atom. The Kier molecular flexibility index (Phi) is 3.29. The minimum Gasteiger partial charge on any atom is -0.348 e. The molecule has 0 saturated heterocycles. The molecule has 2 aromatic rings. The Labute approximate surface area is 111 Å². The zero-order chi connectivity index (χ0) is 13.1. The summed E-state index contributed by atoms with van der Waals surface area (Å²) in [5.41, 5.74) is 2.52. The van der Waals surface area contributed by atoms with Crippen LogP contribution in [0.5, 0.6) is 0 Å². The van der Waals surface area contributed by atoms with Gasteiger partial charge in [0.05, 0.1) is 12.6 Å². The van der Waals surface area contributed by atoms with Crippen LogP contribution in [0.4, 0.5) is 0 Å². The van der Waals surface area contributed by atoms with E-state index >= 15 is 0 Å². The van der Waals surface area contributed by atoms with Gasteiger partial charge in [-0.3, -0.25) is 4.79 Å². The number of hydrogen-bond acceptors (Lipinski definition) is 3. The lowest BCUT2D eigenvalue weighted by molar-refractivity contribution is -0.123. The average molecular weight is 256 g/mol. The van der Waals surface area contributed by atoms with E-state index in [4.69, 9.17) is 0 Å². The monoisotopic (exact) mass is 256 g/mol. The van der Waals surface area contributed by atoms with Crippen molar-refractivity contribution >= 4 is 5.91 Å². The van der Waals surface area contributed by atoms with Crippen molar-refractivity contribution in [1.29, 1.82) is 0 Å². The van der Waals surface area contributed by atoms with Crippen LogP contribution in [-0.2, 0) is 24.3 Å². The second kappa shape index (κ2) is 5.24. The van der Waals surface area contributed by atoms with Crippen molar-refractivity contribution in [3.8, 4) is 0 Å². The Bertz CT molecular complexity index is 565. The van der Waals surface area contributed by atoms with Gasteiger partial charge in [-0.1, -0.05) is 24.3 Å². The maximum absolute atomic E-state index is 12.1. The Balaban J connectivity index is 1.60. The zero-order valence-corrected chi connectivity index (χ0v) is 10.5. The van der Waals surface area contributed by atoms with Gasteiger partial charge >= 0.3 is 0 Å². The van der Waals surface area contributed by atoms with Crippen LogP contribution in [0.25, 0.3) is 0 Å². The van der Waals surface area contributed by atoms with Crippen molar-refractivity contribution in [3.63, 3.8) is 0 Å². The number of rotatable bonds is 3. The normalized spacial score (nSPS) is 17.8. The van der Waals surface area contributed by atoms with Gasteiger partial charge in [0.25, 0.3) is 0 Å². The first-order chi connectivity index (χ1) is 9.33. The summed E-state index contributed by atoms with van der Waals surface area (Å²) in [7, 11) is 0. The van der Waals surface area contributed by atoms with E-state index in [1.807, 2.05) is 12.1 Å². The SMILES string of the molecule is O=C(NCc1ncc[nH]1)[C@@H]1Cc2ccccc2CN1. The Morgan fingerprint density at radius 1 is 1.37 bits per heavy atom. The maximum Gasteiger partial charge on any atom is 0.237 e. The van der Waals surface area contributed by atoms with Gasteiger partial charge in [-0.15, -0.1) is 0 Å². The highest BCUT2D eigenvalue weighted by Crippen LogP contribution is 2.16. The van der Waals surface area contributed by atoms with Gasteiger partial charge in [-0.05, 0) is 17.5 Å². The van der Waals surface area contributed by atoms with E-state index in [1.165, 1.54) is 11.1 Å². The number of aromatic nitrogens is 2. The number of amides is 1. The van der Waals surface area contributed by atoms with Crippen molar-refractivity contribution in [2.75, 3.05) is 0 Å². The van der Waals surface area contributed by atoms with Crippen molar-refractivity contribution in [1.82, 2.24) is 20.6 Å². The molecule has 3 rings (SSSR count). The van der Waals surface area contributed by atoms with Crippen molar-refractivity contribution in [2.45, 2.75) is 25.6 Å². The van der Waals surface area contributed by atoms with E-state index in [9.17, 15) is 4.79 Å². The van der Waals surface area contributed by atoms with Crippen LogP contribution in [0.3, 0.4) is 0 Å². The summed E-state index contributed by atoms with van der Waals surface area (Å²) in [5, 5.41) is 6.15. The molecule has 0 bridgehead atoms. The molecule has 1 aromatic carbocycles. The van der Waals surface area contributed by atoms with Crippen LogP contribution in [0.15, 0.2) is 36.7 Å². The van der Waals surface area contributed by atoms with Gasteiger partial charge in [-0.25, -0.2) is 4.98 Å². The number of benzene rings is 1. The highest BCUT2D eigenvalue weighted by atomic mass is 16.2. The molecule has 1 amide bonds. The van der Waals surface area contributed by atoms with E-state index in [2.05, 4.69) is 32.7 Å². The van der Waals surface area contributed by atoms with Gasteiger partial charge in [-0.2, -0.15) is 0 Å².